The van der Waals surface area contributed by atoms with E-state index in [-0.39, 0.29) is 17.2 Å². The van der Waals surface area contributed by atoms with Crippen LogP contribution in [0.5, 0.6) is 11.5 Å². The van der Waals surface area contributed by atoms with Crippen LogP contribution in [0.2, 0.25) is 0 Å². The molecule has 0 radical (unpaired) electrons. The van der Waals surface area contributed by atoms with Crippen molar-refractivity contribution in [3.05, 3.63) is 62.4 Å². The number of amides is 1. The quantitative estimate of drug-likeness (QED) is 0.577. The third-order valence-corrected chi connectivity index (χ3v) is 3.45. The summed E-state index contributed by atoms with van der Waals surface area (Å²) in [5.74, 6) is -1.70. The molecule has 0 saturated heterocycles. The number of nitro benzene ring substituents is 2. The van der Waals surface area contributed by atoms with Crippen LogP contribution >= 0.6 is 0 Å². The molecule has 0 aromatic heterocycles. The summed E-state index contributed by atoms with van der Waals surface area (Å²) >= 11 is 0. The van der Waals surface area contributed by atoms with Gasteiger partial charge in [-0.15, -0.1) is 0 Å². The molecule has 27 heavy (non-hydrogen) atoms. The van der Waals surface area contributed by atoms with Gasteiger partial charge < -0.3 is 14.8 Å². The maximum Gasteiger partial charge on any atom is 0.314 e. The number of hydrogen-bond acceptors (Lipinski definition) is 7. The smallest absolute Gasteiger partial charge is 0.314 e. The summed E-state index contributed by atoms with van der Waals surface area (Å²) in [4.78, 5) is 32.5. The van der Waals surface area contributed by atoms with Crippen LogP contribution in [0.25, 0.3) is 0 Å². The van der Waals surface area contributed by atoms with E-state index in [1.54, 1.807) is 0 Å². The van der Waals surface area contributed by atoms with E-state index in [1.165, 1.54) is 26.2 Å². The first-order chi connectivity index (χ1) is 12.7. The number of nitrogens with one attached hydrogen (secondary N) is 1. The van der Waals surface area contributed by atoms with Gasteiger partial charge in [0.15, 0.2) is 11.9 Å². The molecule has 0 aliphatic heterocycles. The highest BCUT2D eigenvalue weighted by atomic mass is 19.1. The normalized spacial score (nSPS) is 11.4. The highest BCUT2D eigenvalue weighted by Gasteiger charge is 2.23. The van der Waals surface area contributed by atoms with Gasteiger partial charge in [-0.2, -0.15) is 4.39 Å². The third-order valence-electron chi connectivity index (χ3n) is 3.45. The first-order valence-electron chi connectivity index (χ1n) is 7.46. The average Bonchev–Trinajstić information content (AvgIpc) is 2.63. The molecule has 10 nitrogen and oxygen atoms in total. The van der Waals surface area contributed by atoms with Crippen LogP contribution < -0.4 is 14.8 Å². The molecule has 11 heteroatoms. The Morgan fingerprint density at radius 2 is 1.78 bits per heavy atom. The van der Waals surface area contributed by atoms with Gasteiger partial charge in [-0.05, 0) is 31.2 Å². The van der Waals surface area contributed by atoms with Crippen LogP contribution in [0.15, 0.2) is 36.4 Å². The van der Waals surface area contributed by atoms with Gasteiger partial charge in [0.05, 0.1) is 23.0 Å². The van der Waals surface area contributed by atoms with Gasteiger partial charge in [-0.3, -0.25) is 25.0 Å². The minimum absolute atomic E-state index is 0.0206. The van der Waals surface area contributed by atoms with Gasteiger partial charge in [0, 0.05) is 11.8 Å². The number of anilines is 1. The van der Waals surface area contributed by atoms with Crippen LogP contribution in [0.3, 0.4) is 0 Å². The van der Waals surface area contributed by atoms with Crippen LogP contribution in [0.4, 0.5) is 21.5 Å². The molecule has 1 amide bonds. The minimum atomic E-state index is -1.18. The maximum atomic E-state index is 13.3. The molecule has 1 N–H and O–H groups in total. The van der Waals surface area contributed by atoms with Crippen LogP contribution in [0, 0.1) is 26.0 Å². The van der Waals surface area contributed by atoms with Crippen molar-refractivity contribution in [1.29, 1.82) is 0 Å². The van der Waals surface area contributed by atoms with Crippen LogP contribution in [-0.2, 0) is 4.79 Å². The highest BCUT2D eigenvalue weighted by Crippen LogP contribution is 2.32. The Morgan fingerprint density at radius 3 is 2.37 bits per heavy atom. The summed E-state index contributed by atoms with van der Waals surface area (Å²) in [5, 5.41) is 24.2. The molecule has 0 spiro atoms. The molecular weight excluding hydrogens is 365 g/mol. The predicted molar refractivity (Wildman–Crippen MR) is 91.4 cm³/mol. The average molecular weight is 379 g/mol. The first-order valence-corrected chi connectivity index (χ1v) is 7.46. The van der Waals surface area contributed by atoms with Crippen molar-refractivity contribution in [2.75, 3.05) is 12.4 Å². The van der Waals surface area contributed by atoms with Gasteiger partial charge in [-0.1, -0.05) is 0 Å². The Hall–Kier alpha value is -3.76. The van der Waals surface area contributed by atoms with Crippen molar-refractivity contribution in [2.45, 2.75) is 13.0 Å². The van der Waals surface area contributed by atoms with Gasteiger partial charge in [0.25, 0.3) is 5.91 Å². The zero-order valence-corrected chi connectivity index (χ0v) is 14.2. The lowest BCUT2D eigenvalue weighted by Gasteiger charge is -2.15. The van der Waals surface area contributed by atoms with Crippen molar-refractivity contribution in [3.8, 4) is 11.5 Å². The SMILES string of the molecule is COc1ccc(O[C@@H](C)C(=O)Nc2ccc(F)c([N+](=O)[O-])c2)c([N+](=O)[O-])c1. The van der Waals surface area contributed by atoms with Crippen LogP contribution in [-0.4, -0.2) is 29.0 Å². The monoisotopic (exact) mass is 379 g/mol. The molecule has 2 aromatic rings. The number of nitro groups is 2. The van der Waals surface area contributed by atoms with Crippen molar-refractivity contribution >= 4 is 23.0 Å². The molecule has 0 aliphatic carbocycles. The summed E-state index contributed by atoms with van der Waals surface area (Å²) in [6.45, 7) is 1.33. The molecule has 0 saturated carbocycles. The van der Waals surface area contributed by atoms with Crippen LogP contribution in [0.1, 0.15) is 6.92 Å². The number of methoxy groups -OCH3 is 1. The topological polar surface area (TPSA) is 134 Å². The third kappa shape index (κ3) is 4.66. The molecule has 0 unspecified atom stereocenters. The number of halogens is 1. The fourth-order valence-corrected chi connectivity index (χ4v) is 2.08. The van der Waals surface area contributed by atoms with E-state index in [1.807, 2.05) is 0 Å². The zero-order chi connectivity index (χ0) is 20.1. The molecule has 0 aliphatic rings. The summed E-state index contributed by atoms with van der Waals surface area (Å²) in [6, 6.07) is 6.69. The van der Waals surface area contributed by atoms with E-state index in [4.69, 9.17) is 9.47 Å². The van der Waals surface area contributed by atoms with Gasteiger partial charge >= 0.3 is 11.4 Å². The predicted octanol–water partition coefficient (Wildman–Crippen LogP) is 3.06. The number of carbonyl (C=O) groups excluding carboxylic acids is 1. The molecule has 2 rings (SSSR count). The molecule has 0 heterocycles. The zero-order valence-electron chi connectivity index (χ0n) is 14.2. The molecule has 142 valence electrons. The largest absolute Gasteiger partial charge is 0.496 e. The van der Waals surface area contributed by atoms with Crippen molar-refractivity contribution < 1.29 is 28.5 Å². The second kappa shape index (κ2) is 8.08. The van der Waals surface area contributed by atoms with Gasteiger partial charge in [0.1, 0.15) is 5.75 Å². The second-order valence-electron chi connectivity index (χ2n) is 5.26. The van der Waals surface area contributed by atoms with E-state index in [2.05, 4.69) is 5.32 Å². The van der Waals surface area contributed by atoms with E-state index in [0.717, 1.165) is 24.3 Å². The Balaban J connectivity index is 2.16. The second-order valence-corrected chi connectivity index (χ2v) is 5.26. The Morgan fingerprint density at radius 1 is 1.11 bits per heavy atom. The lowest BCUT2D eigenvalue weighted by molar-refractivity contribution is -0.387. The molecular formula is C16H14FN3O7. The molecule has 1 atom stereocenters. The Labute approximate surface area is 151 Å². The van der Waals surface area contributed by atoms with E-state index < -0.39 is 39.0 Å². The number of ether oxygens (including phenoxy) is 2. The molecule has 0 bridgehead atoms. The van der Waals surface area contributed by atoms with E-state index in [0.29, 0.717) is 0 Å². The molecule has 0 fully saturated rings. The van der Waals surface area contributed by atoms with Gasteiger partial charge in [0.2, 0.25) is 5.82 Å². The lowest BCUT2D eigenvalue weighted by Crippen LogP contribution is -2.30. The van der Waals surface area contributed by atoms with Crippen molar-refractivity contribution in [3.63, 3.8) is 0 Å². The number of carbonyl (C=O) groups is 1. The fraction of sp³-hybridized carbons (Fsp3) is 0.188. The van der Waals surface area contributed by atoms with Crippen molar-refractivity contribution in [2.24, 2.45) is 0 Å². The maximum absolute atomic E-state index is 13.3. The summed E-state index contributed by atoms with van der Waals surface area (Å²) < 4.78 is 23.6. The lowest BCUT2D eigenvalue weighted by atomic mass is 10.2. The standard InChI is InChI=1S/C16H14FN3O7/c1-9(27-15-6-4-11(26-2)8-14(15)20(24)25)16(21)18-10-3-5-12(17)13(7-10)19(22)23/h3-9H,1-2H3,(H,18,21)/t9-/m0/s1. The highest BCUT2D eigenvalue weighted by molar-refractivity contribution is 5.94. The van der Waals surface area contributed by atoms with Gasteiger partial charge in [-0.25, -0.2) is 0 Å². The summed E-state index contributed by atoms with van der Waals surface area (Å²) in [7, 11) is 1.34. The Kier molecular flexibility index (Phi) is 5.85. The first kappa shape index (κ1) is 19.6. The number of nitrogens with zero attached hydrogens (tertiary/aromatic N) is 2. The fourth-order valence-electron chi connectivity index (χ4n) is 2.08. The minimum Gasteiger partial charge on any atom is -0.496 e. The van der Waals surface area contributed by atoms with E-state index in [9.17, 15) is 29.4 Å². The summed E-state index contributed by atoms with van der Waals surface area (Å²) in [5.41, 5.74) is -1.22. The number of hydrogen-bond donors (Lipinski definition) is 1. The molecule has 2 aromatic carbocycles. The van der Waals surface area contributed by atoms with Crippen molar-refractivity contribution in [1.82, 2.24) is 0 Å². The Bertz CT molecular complexity index is 904. The summed E-state index contributed by atoms with van der Waals surface area (Å²) in [6.07, 6.45) is -1.18. The number of rotatable bonds is 7. The number of benzene rings is 2. The van der Waals surface area contributed by atoms with E-state index >= 15 is 0 Å².